The lowest BCUT2D eigenvalue weighted by molar-refractivity contribution is -0.118. The normalized spacial score (nSPS) is 18.1. The van der Waals surface area contributed by atoms with Crippen molar-refractivity contribution in [2.45, 2.75) is 19.1 Å². The lowest BCUT2D eigenvalue weighted by atomic mass is 10.1. The average Bonchev–Trinajstić information content (AvgIpc) is 3.25. The maximum atomic E-state index is 14.9. The summed E-state index contributed by atoms with van der Waals surface area (Å²) in [7, 11) is 1.52. The van der Waals surface area contributed by atoms with Crippen LogP contribution in [0.15, 0.2) is 47.4 Å². The van der Waals surface area contributed by atoms with E-state index in [1.54, 1.807) is 41.3 Å². The molecule has 188 valence electrons. The number of hydrogen-bond donors (Lipinski definition) is 2. The highest BCUT2D eigenvalue weighted by molar-refractivity contribution is 5.99. The molecule has 3 aromatic rings. The van der Waals surface area contributed by atoms with Crippen molar-refractivity contribution < 1.29 is 23.5 Å². The van der Waals surface area contributed by atoms with E-state index in [0.717, 1.165) is 0 Å². The van der Waals surface area contributed by atoms with Crippen LogP contribution in [0.4, 0.5) is 15.8 Å². The summed E-state index contributed by atoms with van der Waals surface area (Å²) in [6, 6.07) is 10.4. The zero-order chi connectivity index (χ0) is 25.2. The van der Waals surface area contributed by atoms with Crippen LogP contribution in [-0.4, -0.2) is 60.9 Å². The Morgan fingerprint density at radius 1 is 1.25 bits per heavy atom. The molecule has 3 heterocycles. The summed E-state index contributed by atoms with van der Waals surface area (Å²) in [6.45, 7) is 0.806. The molecule has 1 fully saturated rings. The molecule has 0 aliphatic carbocycles. The first-order chi connectivity index (χ1) is 17.4. The number of fused-ring (bicyclic) bond motifs is 2. The number of aromatic nitrogens is 2. The molecule has 2 aliphatic heterocycles. The first kappa shape index (κ1) is 23.7. The summed E-state index contributed by atoms with van der Waals surface area (Å²) in [5, 5.41) is 5.85. The number of anilines is 2. The monoisotopic (exact) mass is 495 g/mol. The first-order valence-electron chi connectivity index (χ1n) is 11.7. The average molecular weight is 496 g/mol. The third kappa shape index (κ3) is 4.87. The second kappa shape index (κ2) is 9.94. The summed E-state index contributed by atoms with van der Waals surface area (Å²) in [5.41, 5.74) is 1.91. The van der Waals surface area contributed by atoms with Gasteiger partial charge in [0.15, 0.2) is 6.61 Å². The van der Waals surface area contributed by atoms with Gasteiger partial charge < -0.3 is 29.6 Å². The van der Waals surface area contributed by atoms with Gasteiger partial charge in [0, 0.05) is 37.8 Å². The van der Waals surface area contributed by atoms with Gasteiger partial charge in [-0.15, -0.1) is 0 Å². The summed E-state index contributed by atoms with van der Waals surface area (Å²) < 4.78 is 26.8. The number of ether oxygens (including phenoxy) is 2. The van der Waals surface area contributed by atoms with Gasteiger partial charge in [0.1, 0.15) is 17.7 Å². The highest BCUT2D eigenvalue weighted by atomic mass is 19.1. The smallest absolute Gasteiger partial charge is 0.269 e. The molecule has 10 nitrogen and oxygen atoms in total. The van der Waals surface area contributed by atoms with Gasteiger partial charge >= 0.3 is 0 Å². The summed E-state index contributed by atoms with van der Waals surface area (Å²) in [5.74, 6) is 0.847. The molecule has 11 heteroatoms. The molecule has 0 bridgehead atoms. The maximum absolute atomic E-state index is 14.9. The van der Waals surface area contributed by atoms with Crippen LogP contribution in [0, 0.1) is 5.92 Å². The fraction of sp³-hybridized carbons (Fsp3) is 0.360. The Labute approximate surface area is 206 Å². The van der Waals surface area contributed by atoms with Crippen molar-refractivity contribution in [1.29, 1.82) is 0 Å². The number of rotatable bonds is 8. The highest BCUT2D eigenvalue weighted by Crippen LogP contribution is 2.34. The van der Waals surface area contributed by atoms with Crippen LogP contribution < -0.4 is 30.6 Å². The Morgan fingerprint density at radius 2 is 2.11 bits per heavy atom. The second-order valence-corrected chi connectivity index (χ2v) is 8.91. The number of methoxy groups -OCH3 is 1. The van der Waals surface area contributed by atoms with Crippen molar-refractivity contribution in [2.75, 3.05) is 43.6 Å². The number of carbonyl (C=O) groups excluding carboxylic acids is 2. The van der Waals surface area contributed by atoms with Crippen molar-refractivity contribution in [2.24, 2.45) is 5.92 Å². The minimum absolute atomic E-state index is 0.000289. The lowest BCUT2D eigenvalue weighted by Gasteiger charge is -2.22. The molecule has 2 N–H and O–H groups in total. The molecule has 0 radical (unpaired) electrons. The van der Waals surface area contributed by atoms with Gasteiger partial charge in [-0.3, -0.25) is 14.4 Å². The van der Waals surface area contributed by atoms with E-state index in [0.29, 0.717) is 53.4 Å². The van der Waals surface area contributed by atoms with Crippen molar-refractivity contribution in [3.63, 3.8) is 0 Å². The third-order valence-corrected chi connectivity index (χ3v) is 6.35. The van der Waals surface area contributed by atoms with E-state index >= 15 is 0 Å². The number of benzene rings is 2. The number of alkyl halides is 1. The zero-order valence-electron chi connectivity index (χ0n) is 19.7. The Kier molecular flexibility index (Phi) is 6.55. The molecule has 2 aliphatic rings. The number of amides is 2. The van der Waals surface area contributed by atoms with Crippen molar-refractivity contribution in [1.82, 2.24) is 14.9 Å². The Balaban J connectivity index is 1.17. The van der Waals surface area contributed by atoms with E-state index < -0.39 is 6.17 Å². The van der Waals surface area contributed by atoms with Crippen LogP contribution in [0.5, 0.6) is 11.5 Å². The molecule has 2 aromatic carbocycles. The molecule has 1 aromatic heterocycles. The molecule has 5 rings (SSSR count). The number of carbonyl (C=O) groups is 2. The number of nitrogens with zero attached hydrogens (tertiary/aromatic N) is 3. The van der Waals surface area contributed by atoms with E-state index in [1.807, 2.05) is 0 Å². The molecular weight excluding hydrogens is 469 g/mol. The van der Waals surface area contributed by atoms with Crippen molar-refractivity contribution in [3.8, 4) is 11.5 Å². The molecule has 0 spiro atoms. The van der Waals surface area contributed by atoms with Crippen LogP contribution in [0.2, 0.25) is 0 Å². The molecule has 2 atom stereocenters. The number of halogens is 1. The Hall–Kier alpha value is -3.99. The van der Waals surface area contributed by atoms with Gasteiger partial charge in [0.2, 0.25) is 5.91 Å². The van der Waals surface area contributed by atoms with E-state index in [2.05, 4.69) is 15.6 Å². The molecular formula is C25H26FN5O5. The van der Waals surface area contributed by atoms with E-state index in [1.165, 1.54) is 17.9 Å². The molecule has 0 saturated carbocycles. The largest absolute Gasteiger partial charge is 0.497 e. The fourth-order valence-electron chi connectivity index (χ4n) is 4.57. The van der Waals surface area contributed by atoms with E-state index in [-0.39, 0.29) is 43.0 Å². The van der Waals surface area contributed by atoms with Gasteiger partial charge in [0.05, 0.1) is 36.6 Å². The van der Waals surface area contributed by atoms with Gasteiger partial charge in [-0.25, -0.2) is 9.37 Å². The van der Waals surface area contributed by atoms with E-state index in [4.69, 9.17) is 9.47 Å². The maximum Gasteiger partial charge on any atom is 0.269 e. The van der Waals surface area contributed by atoms with Gasteiger partial charge in [-0.2, -0.15) is 0 Å². The van der Waals surface area contributed by atoms with Crippen LogP contribution in [0.1, 0.15) is 6.42 Å². The van der Waals surface area contributed by atoms with Crippen LogP contribution >= 0.6 is 0 Å². The van der Waals surface area contributed by atoms with Gasteiger partial charge in [0.25, 0.3) is 11.5 Å². The molecule has 1 unspecified atom stereocenters. The Morgan fingerprint density at radius 3 is 2.94 bits per heavy atom. The predicted molar refractivity (Wildman–Crippen MR) is 131 cm³/mol. The standard InChI is InChI=1S/C25H26FN5O5/c1-35-18-3-4-19-21(8-18)31(25(34)11-28-19)13-16(26)10-27-9-15-6-24(33)30(12-15)17-2-5-22-20(7-17)29-23(32)14-36-22/h2-5,7-8,11,15-16,27H,6,9-10,12-14H2,1H3,(H,29,32)/t15-,16?/m1/s1. The minimum Gasteiger partial charge on any atom is -0.497 e. The van der Waals surface area contributed by atoms with Gasteiger partial charge in [-0.05, 0) is 36.2 Å². The summed E-state index contributed by atoms with van der Waals surface area (Å²) in [4.78, 5) is 42.4. The lowest BCUT2D eigenvalue weighted by Crippen LogP contribution is -2.34. The van der Waals surface area contributed by atoms with Crippen LogP contribution in [0.3, 0.4) is 0 Å². The van der Waals surface area contributed by atoms with Crippen molar-refractivity contribution >= 4 is 34.2 Å². The van der Waals surface area contributed by atoms with Crippen molar-refractivity contribution in [3.05, 3.63) is 52.9 Å². The molecule has 36 heavy (non-hydrogen) atoms. The zero-order valence-corrected chi connectivity index (χ0v) is 19.7. The minimum atomic E-state index is -1.32. The van der Waals surface area contributed by atoms with E-state index in [9.17, 15) is 18.8 Å². The third-order valence-electron chi connectivity index (χ3n) is 6.35. The molecule has 2 amide bonds. The number of hydrogen-bond acceptors (Lipinski definition) is 7. The fourth-order valence-corrected chi connectivity index (χ4v) is 4.57. The van der Waals surface area contributed by atoms with Gasteiger partial charge in [-0.1, -0.05) is 0 Å². The quantitative estimate of drug-likeness (QED) is 0.489. The second-order valence-electron chi connectivity index (χ2n) is 8.91. The van der Waals surface area contributed by atoms with Crippen LogP contribution in [0.25, 0.3) is 11.0 Å². The summed E-state index contributed by atoms with van der Waals surface area (Å²) in [6.07, 6.45) is 0.196. The Bertz CT molecular complexity index is 1380. The topological polar surface area (TPSA) is 115 Å². The number of nitrogens with one attached hydrogen (secondary N) is 2. The first-order valence-corrected chi connectivity index (χ1v) is 11.7. The summed E-state index contributed by atoms with van der Waals surface area (Å²) >= 11 is 0. The highest BCUT2D eigenvalue weighted by Gasteiger charge is 2.31. The van der Waals surface area contributed by atoms with Crippen LogP contribution in [-0.2, 0) is 16.1 Å². The molecule has 1 saturated heterocycles. The SMILES string of the molecule is COc1ccc2ncc(=O)n(CC(F)CNC[C@H]3CC(=O)N(c4ccc5c(c4)NC(=O)CO5)C3)c2c1. The predicted octanol–water partition coefficient (Wildman–Crippen LogP) is 1.72.